The molecule has 0 spiro atoms. The van der Waals surface area contributed by atoms with Crippen molar-refractivity contribution in [3.05, 3.63) is 90.2 Å². The van der Waals surface area contributed by atoms with Crippen LogP contribution >= 0.6 is 0 Å². The molecule has 0 saturated heterocycles. The molecule has 0 bridgehead atoms. The second-order valence-corrected chi connectivity index (χ2v) is 8.42. The lowest BCUT2D eigenvalue weighted by Crippen LogP contribution is -2.11. The smallest absolute Gasteiger partial charge is 0.224 e. The number of ether oxygens (including phenoxy) is 1. The highest BCUT2D eigenvalue weighted by Gasteiger charge is 2.16. The van der Waals surface area contributed by atoms with Crippen molar-refractivity contribution in [2.24, 2.45) is 0 Å². The molecule has 5 rings (SSSR count). The molecule has 2 N–H and O–H groups in total. The molecule has 35 heavy (non-hydrogen) atoms. The first kappa shape index (κ1) is 22.6. The van der Waals surface area contributed by atoms with Gasteiger partial charge in [0.15, 0.2) is 0 Å². The molecule has 0 radical (unpaired) electrons. The fraction of sp³-hybridized carbons (Fsp3) is 0.172. The van der Waals surface area contributed by atoms with E-state index in [0.29, 0.717) is 25.9 Å². The van der Waals surface area contributed by atoms with E-state index in [1.165, 1.54) is 6.07 Å². The quantitative estimate of drug-likeness (QED) is 0.261. The number of para-hydroxylation sites is 1. The summed E-state index contributed by atoms with van der Waals surface area (Å²) >= 11 is 0. The van der Waals surface area contributed by atoms with Crippen molar-refractivity contribution in [2.45, 2.75) is 26.2 Å². The number of carbonyl (C=O) groups is 1. The summed E-state index contributed by atoms with van der Waals surface area (Å²) in [4.78, 5) is 20.8. The van der Waals surface area contributed by atoms with E-state index in [1.807, 2.05) is 67.6 Å². The molecule has 0 saturated carbocycles. The number of aryl methyl sites for hydroxylation is 1. The van der Waals surface area contributed by atoms with Crippen LogP contribution in [0.15, 0.2) is 78.9 Å². The van der Waals surface area contributed by atoms with Gasteiger partial charge in [0, 0.05) is 28.4 Å². The number of hydrogen-bond donors (Lipinski definition) is 2. The number of rotatable bonds is 8. The Morgan fingerprint density at radius 3 is 2.69 bits per heavy atom. The lowest BCUT2D eigenvalue weighted by Gasteiger charge is -2.08. The summed E-state index contributed by atoms with van der Waals surface area (Å²) < 4.78 is 19.5. The number of aromatic amines is 1. The van der Waals surface area contributed by atoms with Gasteiger partial charge >= 0.3 is 0 Å². The van der Waals surface area contributed by atoms with Crippen LogP contribution in [-0.4, -0.2) is 22.5 Å². The summed E-state index contributed by atoms with van der Waals surface area (Å²) in [5, 5.41) is 4.81. The third kappa shape index (κ3) is 5.01. The van der Waals surface area contributed by atoms with Gasteiger partial charge in [0.1, 0.15) is 11.6 Å². The Labute approximate surface area is 203 Å². The number of H-pyrrole nitrogens is 1. The number of hydrogen-bond acceptors (Lipinski definition) is 3. The normalized spacial score (nSPS) is 11.1. The Morgan fingerprint density at radius 2 is 1.86 bits per heavy atom. The summed E-state index contributed by atoms with van der Waals surface area (Å²) in [7, 11) is 0. The van der Waals surface area contributed by atoms with E-state index in [0.717, 1.165) is 50.2 Å². The molecule has 0 aliphatic heterocycles. The standard InChI is InChI=1S/C29H26FN3O2/c1-2-35-22-14-12-21(13-15-22)31-28(34)9-5-7-23-24-18-20(30)11-17-26(24)33-29(23)27-16-10-19-6-3-4-8-25(19)32-27/h3-4,6,8,10-18,33H,2,5,7,9H2,1H3,(H,31,34). The average Bonchev–Trinajstić information content (AvgIpc) is 3.23. The molecule has 0 unspecified atom stereocenters. The third-order valence-corrected chi connectivity index (χ3v) is 6.00. The molecular formula is C29H26FN3O2. The van der Waals surface area contributed by atoms with Crippen LogP contribution in [0.1, 0.15) is 25.3 Å². The van der Waals surface area contributed by atoms with Crippen LogP contribution in [0.3, 0.4) is 0 Å². The first-order valence-electron chi connectivity index (χ1n) is 11.8. The first-order chi connectivity index (χ1) is 17.1. The van der Waals surface area contributed by atoms with Crippen molar-refractivity contribution in [2.75, 3.05) is 11.9 Å². The van der Waals surface area contributed by atoms with E-state index >= 15 is 0 Å². The van der Waals surface area contributed by atoms with Gasteiger partial charge < -0.3 is 15.0 Å². The number of fused-ring (bicyclic) bond motifs is 2. The van der Waals surface area contributed by atoms with Gasteiger partial charge in [-0.1, -0.05) is 24.3 Å². The number of nitrogens with one attached hydrogen (secondary N) is 2. The van der Waals surface area contributed by atoms with Gasteiger partial charge in [-0.05, 0) is 79.9 Å². The number of pyridine rings is 1. The van der Waals surface area contributed by atoms with Crippen molar-refractivity contribution in [1.29, 1.82) is 0 Å². The number of amides is 1. The summed E-state index contributed by atoms with van der Waals surface area (Å²) in [6.45, 7) is 2.53. The van der Waals surface area contributed by atoms with E-state index < -0.39 is 0 Å². The van der Waals surface area contributed by atoms with E-state index in [1.54, 1.807) is 12.1 Å². The minimum absolute atomic E-state index is 0.0643. The topological polar surface area (TPSA) is 67.0 Å². The van der Waals surface area contributed by atoms with Crippen molar-refractivity contribution in [3.8, 4) is 17.1 Å². The molecule has 0 atom stereocenters. The number of benzene rings is 3. The molecule has 5 aromatic rings. The zero-order valence-electron chi connectivity index (χ0n) is 19.5. The van der Waals surface area contributed by atoms with Crippen molar-refractivity contribution in [3.63, 3.8) is 0 Å². The van der Waals surface area contributed by atoms with Crippen LogP contribution in [0, 0.1) is 5.82 Å². The molecule has 0 aliphatic rings. The summed E-state index contributed by atoms with van der Waals surface area (Å²) in [5.41, 5.74) is 5.11. The lowest BCUT2D eigenvalue weighted by atomic mass is 10.0. The van der Waals surface area contributed by atoms with Gasteiger partial charge in [0.2, 0.25) is 5.91 Å². The molecule has 1 amide bonds. The Morgan fingerprint density at radius 1 is 1.03 bits per heavy atom. The Balaban J connectivity index is 1.35. The SMILES string of the molecule is CCOc1ccc(NC(=O)CCCc2c(-c3ccc4ccccc4n3)[nH]c3ccc(F)cc23)cc1. The molecule has 176 valence electrons. The molecular weight excluding hydrogens is 441 g/mol. The van der Waals surface area contributed by atoms with E-state index in [9.17, 15) is 9.18 Å². The predicted molar refractivity (Wildman–Crippen MR) is 138 cm³/mol. The zero-order valence-corrected chi connectivity index (χ0v) is 19.5. The number of anilines is 1. The monoisotopic (exact) mass is 467 g/mol. The third-order valence-electron chi connectivity index (χ3n) is 6.00. The van der Waals surface area contributed by atoms with Crippen LogP contribution in [0.4, 0.5) is 10.1 Å². The van der Waals surface area contributed by atoms with Crippen LogP contribution < -0.4 is 10.1 Å². The zero-order chi connectivity index (χ0) is 24.2. The van der Waals surface area contributed by atoms with E-state index in [4.69, 9.17) is 9.72 Å². The Bertz CT molecular complexity index is 1490. The van der Waals surface area contributed by atoms with Crippen molar-refractivity contribution >= 4 is 33.4 Å². The minimum atomic E-state index is -0.288. The molecule has 2 aromatic heterocycles. The molecule has 6 heteroatoms. The van der Waals surface area contributed by atoms with Gasteiger partial charge in [0.05, 0.1) is 23.5 Å². The van der Waals surface area contributed by atoms with Crippen LogP contribution in [0.25, 0.3) is 33.2 Å². The maximum Gasteiger partial charge on any atom is 0.224 e. The maximum atomic E-state index is 14.1. The van der Waals surface area contributed by atoms with Crippen LogP contribution in [-0.2, 0) is 11.2 Å². The van der Waals surface area contributed by atoms with Gasteiger partial charge in [-0.2, -0.15) is 0 Å². The molecule has 3 aromatic carbocycles. The average molecular weight is 468 g/mol. The maximum absolute atomic E-state index is 14.1. The van der Waals surface area contributed by atoms with E-state index in [-0.39, 0.29) is 11.7 Å². The number of aromatic nitrogens is 2. The Hall–Kier alpha value is -4.19. The fourth-order valence-corrected chi connectivity index (χ4v) is 4.35. The summed E-state index contributed by atoms with van der Waals surface area (Å²) in [6, 6.07) is 24.0. The van der Waals surface area contributed by atoms with Gasteiger partial charge in [-0.3, -0.25) is 4.79 Å². The second kappa shape index (κ2) is 9.97. The predicted octanol–water partition coefficient (Wildman–Crippen LogP) is 6.88. The van der Waals surface area contributed by atoms with Gasteiger partial charge in [-0.25, -0.2) is 9.37 Å². The molecule has 0 fully saturated rings. The van der Waals surface area contributed by atoms with Crippen LogP contribution in [0.5, 0.6) is 5.75 Å². The first-order valence-corrected chi connectivity index (χ1v) is 11.8. The molecule has 5 nitrogen and oxygen atoms in total. The molecule has 0 aliphatic carbocycles. The Kier molecular flexibility index (Phi) is 6.44. The minimum Gasteiger partial charge on any atom is -0.494 e. The number of nitrogens with zero attached hydrogens (tertiary/aromatic N) is 1. The highest BCUT2D eigenvalue weighted by molar-refractivity contribution is 5.92. The van der Waals surface area contributed by atoms with Crippen molar-refractivity contribution < 1.29 is 13.9 Å². The van der Waals surface area contributed by atoms with Crippen LogP contribution in [0.2, 0.25) is 0 Å². The molecule has 2 heterocycles. The van der Waals surface area contributed by atoms with E-state index in [2.05, 4.69) is 10.3 Å². The summed E-state index contributed by atoms with van der Waals surface area (Å²) in [6.07, 6.45) is 1.58. The van der Waals surface area contributed by atoms with Crippen molar-refractivity contribution in [1.82, 2.24) is 9.97 Å². The van der Waals surface area contributed by atoms with Gasteiger partial charge in [-0.15, -0.1) is 0 Å². The summed E-state index contributed by atoms with van der Waals surface area (Å²) in [5.74, 6) is 0.418. The van der Waals surface area contributed by atoms with Gasteiger partial charge in [0.25, 0.3) is 0 Å². The lowest BCUT2D eigenvalue weighted by molar-refractivity contribution is -0.116. The highest BCUT2D eigenvalue weighted by Crippen LogP contribution is 2.32. The number of halogens is 1. The second-order valence-electron chi connectivity index (χ2n) is 8.42. The number of carbonyl (C=O) groups excluding carboxylic acids is 1. The largest absolute Gasteiger partial charge is 0.494 e. The highest BCUT2D eigenvalue weighted by atomic mass is 19.1. The fourth-order valence-electron chi connectivity index (χ4n) is 4.35.